The second-order valence-electron chi connectivity index (χ2n) is 6.37. The van der Waals surface area contributed by atoms with E-state index in [4.69, 9.17) is 0 Å². The molecule has 0 spiro atoms. The van der Waals surface area contributed by atoms with Crippen LogP contribution in [0.5, 0.6) is 0 Å². The van der Waals surface area contributed by atoms with Gasteiger partial charge < -0.3 is 5.32 Å². The lowest BCUT2D eigenvalue weighted by Gasteiger charge is -2.32. The molecule has 2 atom stereocenters. The molecule has 0 aliphatic heterocycles. The molecule has 23 heavy (non-hydrogen) atoms. The number of hydrogen-bond donors (Lipinski definition) is 1. The van der Waals surface area contributed by atoms with Gasteiger partial charge in [-0.3, -0.25) is 4.79 Å². The zero-order chi connectivity index (χ0) is 16.3. The van der Waals surface area contributed by atoms with Crippen molar-refractivity contribution in [3.8, 4) is 6.07 Å². The van der Waals surface area contributed by atoms with E-state index in [9.17, 15) is 10.1 Å². The van der Waals surface area contributed by atoms with E-state index in [1.807, 2.05) is 48.5 Å². The fourth-order valence-electron chi connectivity index (χ4n) is 3.04. The number of rotatable bonds is 5. The van der Waals surface area contributed by atoms with Crippen molar-refractivity contribution >= 4 is 5.91 Å². The number of carbonyl (C=O) groups excluding carboxylic acids is 1. The van der Waals surface area contributed by atoms with Crippen LogP contribution in [0.4, 0.5) is 0 Å². The van der Waals surface area contributed by atoms with Crippen LogP contribution in [0.3, 0.4) is 0 Å². The van der Waals surface area contributed by atoms with Gasteiger partial charge in [0, 0.05) is 0 Å². The summed E-state index contributed by atoms with van der Waals surface area (Å²) < 4.78 is 0. The van der Waals surface area contributed by atoms with E-state index in [-0.39, 0.29) is 11.8 Å². The number of hydrogen-bond acceptors (Lipinski definition) is 2. The highest BCUT2D eigenvalue weighted by molar-refractivity contribution is 5.87. The Labute approximate surface area is 137 Å². The lowest BCUT2D eigenvalue weighted by Crippen LogP contribution is -2.48. The largest absolute Gasteiger partial charge is 0.338 e. The average Bonchev–Trinajstić information content (AvgIpc) is 2.55. The first-order valence-electron chi connectivity index (χ1n) is 7.96. The van der Waals surface area contributed by atoms with Crippen molar-refractivity contribution in [2.24, 2.45) is 0 Å². The lowest BCUT2D eigenvalue weighted by molar-refractivity contribution is -0.124. The molecular formula is C20H20N2O. The molecule has 0 unspecified atom stereocenters. The van der Waals surface area contributed by atoms with Gasteiger partial charge in [-0.05, 0) is 42.9 Å². The zero-order valence-corrected chi connectivity index (χ0v) is 13.3. The highest BCUT2D eigenvalue weighted by Gasteiger charge is 2.35. The molecule has 0 saturated carbocycles. The highest BCUT2D eigenvalue weighted by Crippen LogP contribution is 2.35. The second-order valence-corrected chi connectivity index (χ2v) is 6.37. The maximum Gasteiger partial charge on any atom is 0.229 e. The molecule has 0 aromatic heterocycles. The predicted octanol–water partition coefficient (Wildman–Crippen LogP) is 3.36. The summed E-state index contributed by atoms with van der Waals surface area (Å²) in [6, 6.07) is 20.3. The van der Waals surface area contributed by atoms with Crippen molar-refractivity contribution in [3.63, 3.8) is 0 Å². The maximum absolute atomic E-state index is 12.5. The molecular weight excluding hydrogens is 284 g/mol. The predicted molar refractivity (Wildman–Crippen MR) is 89.8 cm³/mol. The van der Waals surface area contributed by atoms with Gasteiger partial charge in [-0.25, -0.2) is 0 Å². The molecule has 2 aromatic carbocycles. The first-order chi connectivity index (χ1) is 11.1. The van der Waals surface area contributed by atoms with E-state index in [0.717, 1.165) is 18.4 Å². The Balaban J connectivity index is 1.63. The van der Waals surface area contributed by atoms with Crippen LogP contribution >= 0.6 is 0 Å². The molecule has 3 nitrogen and oxygen atoms in total. The number of fused-ring (bicyclic) bond motifs is 1. The number of carbonyl (C=O) groups is 1. The Bertz CT molecular complexity index is 748. The summed E-state index contributed by atoms with van der Waals surface area (Å²) >= 11 is 0. The van der Waals surface area contributed by atoms with E-state index < -0.39 is 5.54 Å². The number of amides is 1. The minimum Gasteiger partial charge on any atom is -0.338 e. The number of nitriles is 1. The molecule has 1 N–H and O–H groups in total. The highest BCUT2D eigenvalue weighted by atomic mass is 16.2. The van der Waals surface area contributed by atoms with Crippen LogP contribution in [0.25, 0.3) is 0 Å². The molecule has 0 bridgehead atoms. The van der Waals surface area contributed by atoms with E-state index in [2.05, 4.69) is 17.5 Å². The fraction of sp³-hybridized carbons (Fsp3) is 0.300. The van der Waals surface area contributed by atoms with Crippen molar-refractivity contribution in [1.82, 2.24) is 5.32 Å². The smallest absolute Gasteiger partial charge is 0.229 e. The number of nitrogens with one attached hydrogen (secondary N) is 1. The van der Waals surface area contributed by atoms with Gasteiger partial charge in [0.05, 0.1) is 12.0 Å². The van der Waals surface area contributed by atoms with Crippen molar-refractivity contribution < 1.29 is 4.79 Å². The van der Waals surface area contributed by atoms with Gasteiger partial charge in [-0.1, -0.05) is 54.6 Å². The number of benzene rings is 2. The van der Waals surface area contributed by atoms with Crippen LogP contribution in [0, 0.1) is 11.3 Å². The fourth-order valence-corrected chi connectivity index (χ4v) is 3.04. The van der Waals surface area contributed by atoms with Crippen LogP contribution in [-0.2, 0) is 17.6 Å². The summed E-state index contributed by atoms with van der Waals surface area (Å²) in [6.45, 7) is 1.80. The monoisotopic (exact) mass is 304 g/mol. The SMILES string of the molecule is C[C@](C#N)(CCc1ccccc1)NC(=O)[C@@H]1Cc2ccccc21. The molecule has 2 aromatic rings. The van der Waals surface area contributed by atoms with Crippen molar-refractivity contribution in [2.45, 2.75) is 37.6 Å². The molecule has 0 radical (unpaired) electrons. The summed E-state index contributed by atoms with van der Waals surface area (Å²) in [7, 11) is 0. The molecule has 0 saturated heterocycles. The number of nitrogens with zero attached hydrogens (tertiary/aromatic N) is 1. The summed E-state index contributed by atoms with van der Waals surface area (Å²) in [6.07, 6.45) is 2.14. The van der Waals surface area contributed by atoms with Gasteiger partial charge in [-0.15, -0.1) is 0 Å². The third-order valence-electron chi connectivity index (χ3n) is 4.57. The molecule has 3 rings (SSSR count). The third kappa shape index (κ3) is 3.27. The quantitative estimate of drug-likeness (QED) is 0.921. The molecule has 0 heterocycles. The average molecular weight is 304 g/mol. The van der Waals surface area contributed by atoms with E-state index in [0.29, 0.717) is 6.42 Å². The summed E-state index contributed by atoms with van der Waals surface area (Å²) in [5.41, 5.74) is 2.67. The first-order valence-corrected chi connectivity index (χ1v) is 7.96. The van der Waals surface area contributed by atoms with E-state index in [1.54, 1.807) is 6.92 Å². The van der Waals surface area contributed by atoms with Gasteiger partial charge in [-0.2, -0.15) is 5.26 Å². The summed E-state index contributed by atoms with van der Waals surface area (Å²) in [4.78, 5) is 12.5. The first kappa shape index (κ1) is 15.3. The van der Waals surface area contributed by atoms with Crippen LogP contribution in [0.2, 0.25) is 0 Å². The Morgan fingerprint density at radius 1 is 1.22 bits per heavy atom. The van der Waals surface area contributed by atoms with Gasteiger partial charge in [0.25, 0.3) is 0 Å². The van der Waals surface area contributed by atoms with Crippen molar-refractivity contribution in [1.29, 1.82) is 5.26 Å². The molecule has 1 aliphatic carbocycles. The van der Waals surface area contributed by atoms with Crippen molar-refractivity contribution in [3.05, 3.63) is 71.3 Å². The summed E-state index contributed by atoms with van der Waals surface area (Å²) in [5, 5.41) is 12.5. The Morgan fingerprint density at radius 3 is 2.61 bits per heavy atom. The standard InChI is InChI=1S/C20H20N2O/c1-20(14-21,12-11-15-7-3-2-4-8-15)22-19(23)18-13-16-9-5-6-10-17(16)18/h2-10,18H,11-13H2,1H3,(H,22,23)/t18-,20-/m1/s1. The number of aryl methyl sites for hydroxylation is 1. The minimum atomic E-state index is -0.836. The normalized spacial score (nSPS) is 18.0. The lowest BCUT2D eigenvalue weighted by atomic mass is 9.76. The maximum atomic E-state index is 12.5. The third-order valence-corrected chi connectivity index (χ3v) is 4.57. The van der Waals surface area contributed by atoms with E-state index >= 15 is 0 Å². The Kier molecular flexibility index (Phi) is 4.16. The van der Waals surface area contributed by atoms with Crippen LogP contribution in [0.15, 0.2) is 54.6 Å². The summed E-state index contributed by atoms with van der Waals surface area (Å²) in [5.74, 6) is -0.156. The van der Waals surface area contributed by atoms with Crippen LogP contribution in [0.1, 0.15) is 36.0 Å². The second kappa shape index (κ2) is 6.26. The van der Waals surface area contributed by atoms with Crippen molar-refractivity contribution in [2.75, 3.05) is 0 Å². The molecule has 0 fully saturated rings. The molecule has 116 valence electrons. The topological polar surface area (TPSA) is 52.9 Å². The van der Waals surface area contributed by atoms with Gasteiger partial charge in [0.15, 0.2) is 0 Å². The Hall–Kier alpha value is -2.60. The minimum absolute atomic E-state index is 0.0409. The molecule has 1 amide bonds. The van der Waals surface area contributed by atoms with Gasteiger partial charge in [0.1, 0.15) is 5.54 Å². The zero-order valence-electron chi connectivity index (χ0n) is 13.3. The van der Waals surface area contributed by atoms with Crippen LogP contribution < -0.4 is 5.32 Å². The molecule has 1 aliphatic rings. The van der Waals surface area contributed by atoms with Gasteiger partial charge >= 0.3 is 0 Å². The van der Waals surface area contributed by atoms with Crippen LogP contribution in [-0.4, -0.2) is 11.4 Å². The molecule has 3 heteroatoms. The Morgan fingerprint density at radius 2 is 1.91 bits per heavy atom. The van der Waals surface area contributed by atoms with E-state index in [1.165, 1.54) is 11.1 Å². The van der Waals surface area contributed by atoms with Gasteiger partial charge in [0.2, 0.25) is 5.91 Å².